The molecule has 5 nitrogen and oxygen atoms in total. The summed E-state index contributed by atoms with van der Waals surface area (Å²) in [6.45, 7) is 1.36. The van der Waals surface area contributed by atoms with E-state index in [1.54, 1.807) is 23.1 Å². The van der Waals surface area contributed by atoms with Crippen LogP contribution in [-0.4, -0.2) is 36.5 Å². The number of carbonyl (C=O) groups excluding carboxylic acids is 2. The van der Waals surface area contributed by atoms with Crippen molar-refractivity contribution in [3.63, 3.8) is 0 Å². The molecule has 19 heavy (non-hydrogen) atoms. The Morgan fingerprint density at radius 3 is 2.58 bits per heavy atom. The molecule has 0 radical (unpaired) electrons. The van der Waals surface area contributed by atoms with Gasteiger partial charge in [-0.05, 0) is 24.5 Å². The van der Waals surface area contributed by atoms with Crippen molar-refractivity contribution in [1.29, 1.82) is 0 Å². The highest BCUT2D eigenvalue weighted by Gasteiger charge is 2.19. The van der Waals surface area contributed by atoms with Crippen LogP contribution in [0.15, 0.2) is 24.3 Å². The maximum absolute atomic E-state index is 11.7. The molecule has 1 aromatic rings. The largest absolute Gasteiger partial charge is 0.455 e. The molecular formula is C14H18N2O3. The van der Waals surface area contributed by atoms with Crippen LogP contribution < -0.4 is 5.73 Å². The first-order valence-corrected chi connectivity index (χ1v) is 6.43. The maximum atomic E-state index is 11.7. The monoisotopic (exact) mass is 262 g/mol. The minimum absolute atomic E-state index is 0.0972. The highest BCUT2D eigenvalue weighted by Crippen LogP contribution is 2.12. The number of hydrogen-bond acceptors (Lipinski definition) is 4. The summed E-state index contributed by atoms with van der Waals surface area (Å²) in [5.41, 5.74) is 7.03. The summed E-state index contributed by atoms with van der Waals surface area (Å²) in [5.74, 6) is -0.544. The molecule has 0 bridgehead atoms. The Morgan fingerprint density at radius 2 is 1.89 bits per heavy atom. The average Bonchev–Trinajstić information content (AvgIpc) is 2.93. The highest BCUT2D eigenvalue weighted by atomic mass is 16.5. The number of nitrogen functional groups attached to an aromatic ring is 1. The molecule has 1 saturated heterocycles. The lowest BCUT2D eigenvalue weighted by Crippen LogP contribution is -2.32. The molecule has 1 aromatic carbocycles. The first-order valence-electron chi connectivity index (χ1n) is 6.43. The lowest BCUT2D eigenvalue weighted by atomic mass is 10.1. The van der Waals surface area contributed by atoms with Gasteiger partial charge in [0.15, 0.2) is 6.61 Å². The van der Waals surface area contributed by atoms with Crippen molar-refractivity contribution in [3.8, 4) is 0 Å². The SMILES string of the molecule is Nc1ccccc1CC(=O)OCC(=O)N1CCCC1. The summed E-state index contributed by atoms with van der Waals surface area (Å²) >= 11 is 0. The van der Waals surface area contributed by atoms with E-state index < -0.39 is 5.97 Å². The van der Waals surface area contributed by atoms with Gasteiger partial charge >= 0.3 is 5.97 Å². The van der Waals surface area contributed by atoms with Gasteiger partial charge in [0.25, 0.3) is 5.91 Å². The molecule has 0 aromatic heterocycles. The second-order valence-electron chi connectivity index (χ2n) is 4.62. The molecule has 1 amide bonds. The molecule has 1 fully saturated rings. The lowest BCUT2D eigenvalue weighted by molar-refractivity contribution is -0.151. The Hall–Kier alpha value is -2.04. The number of likely N-dealkylation sites (tertiary alicyclic amines) is 1. The van der Waals surface area contributed by atoms with E-state index in [1.807, 2.05) is 6.07 Å². The van der Waals surface area contributed by atoms with Crippen molar-refractivity contribution in [1.82, 2.24) is 4.90 Å². The molecule has 0 saturated carbocycles. The van der Waals surface area contributed by atoms with Crippen LogP contribution in [-0.2, 0) is 20.7 Å². The lowest BCUT2D eigenvalue weighted by Gasteiger charge is -2.15. The maximum Gasteiger partial charge on any atom is 0.310 e. The Balaban J connectivity index is 1.78. The predicted molar refractivity (Wildman–Crippen MR) is 71.3 cm³/mol. The van der Waals surface area contributed by atoms with E-state index >= 15 is 0 Å². The third kappa shape index (κ3) is 3.71. The molecule has 0 atom stereocenters. The van der Waals surface area contributed by atoms with Gasteiger partial charge in [0.2, 0.25) is 0 Å². The molecule has 1 heterocycles. The number of anilines is 1. The molecule has 1 aliphatic heterocycles. The van der Waals surface area contributed by atoms with E-state index in [0.717, 1.165) is 31.5 Å². The third-order valence-electron chi connectivity index (χ3n) is 3.21. The van der Waals surface area contributed by atoms with Crippen molar-refractivity contribution in [2.75, 3.05) is 25.4 Å². The number of esters is 1. The first-order chi connectivity index (χ1) is 9.16. The number of benzene rings is 1. The molecular weight excluding hydrogens is 244 g/mol. The van der Waals surface area contributed by atoms with Crippen LogP contribution in [0, 0.1) is 0 Å². The Kier molecular flexibility index (Phi) is 4.39. The van der Waals surface area contributed by atoms with Crippen LogP contribution in [0.5, 0.6) is 0 Å². The molecule has 0 aliphatic carbocycles. The average molecular weight is 262 g/mol. The zero-order chi connectivity index (χ0) is 13.7. The summed E-state index contributed by atoms with van der Waals surface area (Å²) < 4.78 is 4.99. The van der Waals surface area contributed by atoms with E-state index in [1.165, 1.54) is 0 Å². The number of para-hydroxylation sites is 1. The van der Waals surface area contributed by atoms with Gasteiger partial charge in [0.1, 0.15) is 0 Å². The van der Waals surface area contributed by atoms with E-state index in [2.05, 4.69) is 0 Å². The van der Waals surface area contributed by atoms with Gasteiger partial charge in [0, 0.05) is 18.8 Å². The summed E-state index contributed by atoms with van der Waals surface area (Å²) in [4.78, 5) is 25.1. The molecule has 0 unspecified atom stereocenters. The smallest absolute Gasteiger partial charge is 0.310 e. The molecule has 102 valence electrons. The Morgan fingerprint density at radius 1 is 1.21 bits per heavy atom. The van der Waals surface area contributed by atoms with Gasteiger partial charge in [-0.1, -0.05) is 18.2 Å². The number of amides is 1. The van der Waals surface area contributed by atoms with Crippen LogP contribution in [0.2, 0.25) is 0 Å². The van der Waals surface area contributed by atoms with E-state index in [0.29, 0.717) is 5.69 Å². The zero-order valence-corrected chi connectivity index (χ0v) is 10.8. The molecule has 2 rings (SSSR count). The molecule has 5 heteroatoms. The quantitative estimate of drug-likeness (QED) is 0.648. The van der Waals surface area contributed by atoms with Gasteiger partial charge in [0.05, 0.1) is 6.42 Å². The summed E-state index contributed by atoms with van der Waals surface area (Å²) in [6.07, 6.45) is 2.15. The summed E-state index contributed by atoms with van der Waals surface area (Å²) in [7, 11) is 0. The zero-order valence-electron chi connectivity index (χ0n) is 10.8. The number of carbonyl (C=O) groups is 2. The van der Waals surface area contributed by atoms with Gasteiger partial charge in [-0.25, -0.2) is 0 Å². The fraction of sp³-hybridized carbons (Fsp3) is 0.429. The normalized spacial score (nSPS) is 14.4. The van der Waals surface area contributed by atoms with Gasteiger partial charge in [-0.3, -0.25) is 9.59 Å². The molecule has 1 aliphatic rings. The van der Waals surface area contributed by atoms with Crippen LogP contribution in [0.3, 0.4) is 0 Å². The van der Waals surface area contributed by atoms with Crippen LogP contribution >= 0.6 is 0 Å². The van der Waals surface area contributed by atoms with Gasteiger partial charge in [-0.15, -0.1) is 0 Å². The topological polar surface area (TPSA) is 72.6 Å². The third-order valence-corrected chi connectivity index (χ3v) is 3.21. The number of ether oxygens (including phenoxy) is 1. The van der Waals surface area contributed by atoms with Gasteiger partial charge < -0.3 is 15.4 Å². The Labute approximate surface area is 112 Å². The van der Waals surface area contributed by atoms with E-state index in [9.17, 15) is 9.59 Å². The van der Waals surface area contributed by atoms with Crippen LogP contribution in [0.25, 0.3) is 0 Å². The van der Waals surface area contributed by atoms with Crippen molar-refractivity contribution >= 4 is 17.6 Å². The van der Waals surface area contributed by atoms with Gasteiger partial charge in [-0.2, -0.15) is 0 Å². The molecule has 0 spiro atoms. The highest BCUT2D eigenvalue weighted by molar-refractivity contribution is 5.82. The van der Waals surface area contributed by atoms with Crippen molar-refractivity contribution in [2.24, 2.45) is 0 Å². The van der Waals surface area contributed by atoms with Crippen molar-refractivity contribution in [3.05, 3.63) is 29.8 Å². The minimum atomic E-state index is -0.426. The standard InChI is InChI=1S/C14H18N2O3/c15-12-6-2-1-5-11(12)9-14(18)19-10-13(17)16-7-3-4-8-16/h1-2,5-6H,3-4,7-10,15H2. The minimum Gasteiger partial charge on any atom is -0.455 e. The first kappa shape index (κ1) is 13.4. The van der Waals surface area contributed by atoms with E-state index in [4.69, 9.17) is 10.5 Å². The number of nitrogens with two attached hydrogens (primary N) is 1. The van der Waals surface area contributed by atoms with Crippen LogP contribution in [0.1, 0.15) is 18.4 Å². The second kappa shape index (κ2) is 6.22. The number of hydrogen-bond donors (Lipinski definition) is 1. The predicted octanol–water partition coefficient (Wildman–Crippen LogP) is 0.977. The summed E-state index contributed by atoms with van der Waals surface area (Å²) in [5, 5.41) is 0. The van der Waals surface area contributed by atoms with Crippen molar-refractivity contribution < 1.29 is 14.3 Å². The second-order valence-corrected chi connectivity index (χ2v) is 4.62. The number of nitrogens with zero attached hydrogens (tertiary/aromatic N) is 1. The van der Waals surface area contributed by atoms with Crippen LogP contribution in [0.4, 0.5) is 5.69 Å². The fourth-order valence-electron chi connectivity index (χ4n) is 2.10. The Bertz CT molecular complexity index is 468. The summed E-state index contributed by atoms with van der Waals surface area (Å²) in [6, 6.07) is 7.13. The fourth-order valence-corrected chi connectivity index (χ4v) is 2.10. The number of rotatable bonds is 4. The van der Waals surface area contributed by atoms with E-state index in [-0.39, 0.29) is 18.9 Å². The molecule has 2 N–H and O–H groups in total. The van der Waals surface area contributed by atoms with Crippen molar-refractivity contribution in [2.45, 2.75) is 19.3 Å².